The van der Waals surface area contributed by atoms with E-state index in [2.05, 4.69) is 20.9 Å². The van der Waals surface area contributed by atoms with Crippen LogP contribution in [0.25, 0.3) is 0 Å². The van der Waals surface area contributed by atoms with Gasteiger partial charge in [0.2, 0.25) is 17.7 Å². The van der Waals surface area contributed by atoms with Gasteiger partial charge in [0.1, 0.15) is 18.1 Å². The van der Waals surface area contributed by atoms with Crippen LogP contribution in [0, 0.1) is 11.8 Å². The zero-order chi connectivity index (χ0) is 27.1. The number of carbonyl (C=O) groups is 4. The van der Waals surface area contributed by atoms with Gasteiger partial charge >= 0.3 is 5.97 Å². The van der Waals surface area contributed by atoms with Crippen molar-refractivity contribution in [2.24, 2.45) is 39.8 Å². The molecule has 4 atom stereocenters. The summed E-state index contributed by atoms with van der Waals surface area (Å²) in [5.74, 6) is -3.47. The summed E-state index contributed by atoms with van der Waals surface area (Å²) in [6.45, 7) is 7.68. The van der Waals surface area contributed by atoms with Gasteiger partial charge in [0.15, 0.2) is 5.96 Å². The molecule has 0 aliphatic heterocycles. The average molecular weight is 501 g/mol. The van der Waals surface area contributed by atoms with Crippen LogP contribution in [-0.4, -0.2) is 72.0 Å². The highest BCUT2D eigenvalue weighted by Gasteiger charge is 2.32. The Labute approximate surface area is 207 Å². The number of amides is 3. The van der Waals surface area contributed by atoms with Crippen LogP contribution < -0.4 is 38.9 Å². The molecule has 0 fully saturated rings. The number of hydrogen-bond donors (Lipinski definition) is 8. The van der Waals surface area contributed by atoms with Crippen molar-refractivity contribution in [1.82, 2.24) is 16.0 Å². The van der Waals surface area contributed by atoms with Gasteiger partial charge in [-0.1, -0.05) is 27.7 Å². The van der Waals surface area contributed by atoms with E-state index in [-0.39, 0.29) is 30.8 Å². The Morgan fingerprint density at radius 2 is 1.37 bits per heavy atom. The minimum atomic E-state index is -1.22. The second-order valence-electron chi connectivity index (χ2n) is 9.19. The van der Waals surface area contributed by atoms with Crippen LogP contribution in [0.2, 0.25) is 0 Å². The van der Waals surface area contributed by atoms with Gasteiger partial charge in [-0.3, -0.25) is 19.4 Å². The molecule has 13 heteroatoms. The Hall–Kier alpha value is -2.93. The molecule has 35 heavy (non-hydrogen) atoms. The van der Waals surface area contributed by atoms with Crippen LogP contribution >= 0.6 is 0 Å². The third kappa shape index (κ3) is 12.9. The summed E-state index contributed by atoms with van der Waals surface area (Å²) >= 11 is 0. The van der Waals surface area contributed by atoms with Crippen molar-refractivity contribution in [2.45, 2.75) is 84.0 Å². The normalized spacial score (nSPS) is 14.5. The van der Waals surface area contributed by atoms with Gasteiger partial charge in [-0.25, -0.2) is 4.79 Å². The fourth-order valence-electron chi connectivity index (χ4n) is 3.14. The van der Waals surface area contributed by atoms with Crippen LogP contribution in [0.3, 0.4) is 0 Å². The van der Waals surface area contributed by atoms with Crippen LogP contribution in [-0.2, 0) is 19.2 Å². The van der Waals surface area contributed by atoms with E-state index >= 15 is 0 Å². The Morgan fingerprint density at radius 1 is 0.800 bits per heavy atom. The maximum absolute atomic E-state index is 13.0. The largest absolute Gasteiger partial charge is 0.480 e. The Balaban J connectivity index is 5.38. The molecule has 0 saturated carbocycles. The van der Waals surface area contributed by atoms with Gasteiger partial charge in [-0.2, -0.15) is 0 Å². The fraction of sp³-hybridized carbons (Fsp3) is 0.773. The number of carboxylic acid groups (broad SMARTS) is 1. The van der Waals surface area contributed by atoms with Crippen molar-refractivity contribution in [3.63, 3.8) is 0 Å². The van der Waals surface area contributed by atoms with Crippen molar-refractivity contribution in [1.29, 1.82) is 0 Å². The van der Waals surface area contributed by atoms with Crippen molar-refractivity contribution < 1.29 is 24.3 Å². The fourth-order valence-corrected chi connectivity index (χ4v) is 3.14. The van der Waals surface area contributed by atoms with E-state index in [1.165, 1.54) is 0 Å². The number of aliphatic imine (C=N–C) groups is 1. The van der Waals surface area contributed by atoms with Crippen molar-refractivity contribution in [2.75, 3.05) is 13.1 Å². The van der Waals surface area contributed by atoms with Crippen molar-refractivity contribution in [3.8, 4) is 0 Å². The molecule has 0 aliphatic carbocycles. The lowest BCUT2D eigenvalue weighted by atomic mass is 10.00. The molecule has 202 valence electrons. The Kier molecular flexibility index (Phi) is 15.3. The maximum Gasteiger partial charge on any atom is 0.326 e. The molecule has 0 aromatic rings. The van der Waals surface area contributed by atoms with Crippen LogP contribution in [0.4, 0.5) is 0 Å². The molecule has 13 nitrogen and oxygen atoms in total. The molecule has 0 aromatic carbocycles. The third-order valence-electron chi connectivity index (χ3n) is 5.41. The quantitative estimate of drug-likeness (QED) is 0.0646. The predicted molar refractivity (Wildman–Crippen MR) is 134 cm³/mol. The number of carbonyl (C=O) groups excluding carboxylic acids is 3. The molecule has 0 heterocycles. The first-order chi connectivity index (χ1) is 16.3. The second kappa shape index (κ2) is 16.7. The Bertz CT molecular complexity index is 725. The molecular formula is C22H44N8O5. The number of nitrogens with one attached hydrogen (secondary N) is 3. The number of nitrogens with zero attached hydrogens (tertiary/aromatic N) is 1. The second-order valence-corrected chi connectivity index (χ2v) is 9.19. The third-order valence-corrected chi connectivity index (χ3v) is 5.41. The number of rotatable bonds is 17. The minimum Gasteiger partial charge on any atom is -0.480 e. The van der Waals surface area contributed by atoms with Gasteiger partial charge in [0, 0.05) is 6.54 Å². The van der Waals surface area contributed by atoms with E-state index in [4.69, 9.17) is 22.9 Å². The molecule has 12 N–H and O–H groups in total. The SMILES string of the molecule is CC(C)C(N)C(=O)NC(CCCCN)C(=O)NC(C(=O)NC(CCCN=C(N)N)C(=O)O)C(C)C. The molecule has 3 amide bonds. The van der Waals surface area contributed by atoms with E-state index in [9.17, 15) is 24.3 Å². The molecule has 0 spiro atoms. The van der Waals surface area contributed by atoms with Crippen molar-refractivity contribution in [3.05, 3.63) is 0 Å². The minimum absolute atomic E-state index is 0.0987. The van der Waals surface area contributed by atoms with Gasteiger partial charge in [0.05, 0.1) is 6.04 Å². The lowest BCUT2D eigenvalue weighted by molar-refractivity contribution is -0.142. The molecule has 0 bridgehead atoms. The van der Waals surface area contributed by atoms with Crippen LogP contribution in [0.15, 0.2) is 4.99 Å². The van der Waals surface area contributed by atoms with Gasteiger partial charge < -0.3 is 44.0 Å². The first-order valence-corrected chi connectivity index (χ1v) is 12.0. The molecule has 0 aromatic heterocycles. The lowest BCUT2D eigenvalue weighted by Gasteiger charge is -2.27. The first-order valence-electron chi connectivity index (χ1n) is 12.0. The predicted octanol–water partition coefficient (Wildman–Crippen LogP) is -1.65. The summed E-state index contributed by atoms with van der Waals surface area (Å²) < 4.78 is 0. The van der Waals surface area contributed by atoms with Gasteiger partial charge in [-0.15, -0.1) is 0 Å². The zero-order valence-electron chi connectivity index (χ0n) is 21.3. The molecule has 0 rings (SSSR count). The standard InChI is InChI=1S/C22H44N8O5/c1-12(2)16(24)19(32)28-14(8-5-6-10-23)18(31)30-17(13(3)4)20(33)29-15(21(34)35)9-7-11-27-22(25)26/h12-17H,5-11,23-24H2,1-4H3,(H,28,32)(H,29,33)(H,30,31)(H,34,35)(H4,25,26,27). The van der Waals surface area contributed by atoms with E-state index in [0.717, 1.165) is 0 Å². The van der Waals surface area contributed by atoms with E-state index in [1.54, 1.807) is 27.7 Å². The topological polar surface area (TPSA) is 241 Å². The lowest BCUT2D eigenvalue weighted by Crippen LogP contribution is -2.58. The van der Waals surface area contributed by atoms with E-state index in [0.29, 0.717) is 32.2 Å². The van der Waals surface area contributed by atoms with Crippen LogP contribution in [0.5, 0.6) is 0 Å². The highest BCUT2D eigenvalue weighted by atomic mass is 16.4. The first kappa shape index (κ1) is 32.1. The molecule has 0 radical (unpaired) electrons. The number of guanidine groups is 1. The summed E-state index contributed by atoms with van der Waals surface area (Å²) in [6, 6.07) is -3.91. The summed E-state index contributed by atoms with van der Waals surface area (Å²) in [4.78, 5) is 53.8. The molecule has 0 saturated heterocycles. The van der Waals surface area contributed by atoms with Crippen LogP contribution in [0.1, 0.15) is 59.8 Å². The number of carboxylic acids is 1. The molecule has 4 unspecified atom stereocenters. The summed E-state index contributed by atoms with van der Waals surface area (Å²) in [5, 5.41) is 17.3. The smallest absolute Gasteiger partial charge is 0.326 e. The average Bonchev–Trinajstić information content (AvgIpc) is 2.77. The van der Waals surface area contributed by atoms with Gasteiger partial charge in [-0.05, 0) is 50.5 Å². The highest BCUT2D eigenvalue weighted by molar-refractivity contribution is 5.94. The summed E-state index contributed by atoms with van der Waals surface area (Å²) in [7, 11) is 0. The molecular weight excluding hydrogens is 456 g/mol. The highest BCUT2D eigenvalue weighted by Crippen LogP contribution is 2.09. The number of hydrogen-bond acceptors (Lipinski definition) is 7. The summed E-state index contributed by atoms with van der Waals surface area (Å²) in [5.41, 5.74) is 22.0. The van der Waals surface area contributed by atoms with E-state index < -0.39 is 47.9 Å². The maximum atomic E-state index is 13.0. The number of unbranched alkanes of at least 4 members (excludes halogenated alkanes) is 1. The van der Waals surface area contributed by atoms with Gasteiger partial charge in [0.25, 0.3) is 0 Å². The van der Waals surface area contributed by atoms with Crippen molar-refractivity contribution >= 4 is 29.7 Å². The monoisotopic (exact) mass is 500 g/mol. The zero-order valence-corrected chi connectivity index (χ0v) is 21.3. The summed E-state index contributed by atoms with van der Waals surface area (Å²) in [6.07, 6.45) is 1.99. The Morgan fingerprint density at radius 3 is 1.86 bits per heavy atom. The molecule has 0 aliphatic rings. The van der Waals surface area contributed by atoms with E-state index in [1.807, 2.05) is 0 Å². The number of aliphatic carboxylic acids is 1. The number of nitrogens with two attached hydrogens (primary N) is 4.